The number of nitrogens with zero attached hydrogens (tertiary/aromatic N) is 2. The highest BCUT2D eigenvalue weighted by Gasteiger charge is 2.50. The summed E-state index contributed by atoms with van der Waals surface area (Å²) in [5, 5.41) is 3.02. The van der Waals surface area contributed by atoms with Crippen molar-refractivity contribution in [3.05, 3.63) is 35.9 Å². The van der Waals surface area contributed by atoms with Crippen LogP contribution in [0.25, 0.3) is 0 Å². The van der Waals surface area contributed by atoms with Crippen LogP contribution in [0.15, 0.2) is 30.3 Å². The largest absolute Gasteiger partial charge is 0.340 e. The third-order valence-electron chi connectivity index (χ3n) is 8.21. The van der Waals surface area contributed by atoms with Crippen molar-refractivity contribution < 1.29 is 14.4 Å². The number of nitrogens with one attached hydrogen (secondary N) is 1. The number of ketones is 1. The fourth-order valence-electron chi connectivity index (χ4n) is 6.06. The van der Waals surface area contributed by atoms with Gasteiger partial charge in [-0.15, -0.1) is 0 Å². The van der Waals surface area contributed by atoms with Crippen LogP contribution in [0, 0.1) is 17.8 Å². The first-order valence-electron chi connectivity index (χ1n) is 12.8. The molecule has 2 saturated heterocycles. The average Bonchev–Trinajstić information content (AvgIpc) is 3.41. The number of fused-ring (bicyclic) bond motifs is 1. The van der Waals surface area contributed by atoms with Crippen LogP contribution in [0.4, 0.5) is 0 Å². The van der Waals surface area contributed by atoms with E-state index in [1.807, 2.05) is 34.9 Å². The van der Waals surface area contributed by atoms with Gasteiger partial charge in [-0.1, -0.05) is 49.6 Å². The Kier molecular flexibility index (Phi) is 7.84. The number of hydrogen-bond donors (Lipinski definition) is 1. The lowest BCUT2D eigenvalue weighted by atomic mass is 9.76. The molecule has 0 spiro atoms. The Bertz CT molecular complexity index is 836. The molecule has 4 rings (SSSR count). The molecule has 1 aromatic carbocycles. The Hall–Kier alpha value is -2.21. The van der Waals surface area contributed by atoms with Gasteiger partial charge in [0.15, 0.2) is 0 Å². The predicted octanol–water partition coefficient (Wildman–Crippen LogP) is 3.05. The van der Waals surface area contributed by atoms with E-state index in [2.05, 4.69) is 17.4 Å². The first-order chi connectivity index (χ1) is 16.0. The molecule has 1 N–H and O–H groups in total. The van der Waals surface area contributed by atoms with Crippen LogP contribution in [0.1, 0.15) is 57.4 Å². The minimum absolute atomic E-state index is 0.0457. The van der Waals surface area contributed by atoms with Gasteiger partial charge in [-0.05, 0) is 51.1 Å². The second-order valence-corrected chi connectivity index (χ2v) is 10.2. The first-order valence-corrected chi connectivity index (χ1v) is 12.8. The molecule has 6 heteroatoms. The summed E-state index contributed by atoms with van der Waals surface area (Å²) in [6.07, 6.45) is 7.48. The molecule has 0 aromatic heterocycles. The Morgan fingerprint density at radius 2 is 1.82 bits per heavy atom. The summed E-state index contributed by atoms with van der Waals surface area (Å²) >= 11 is 0. The van der Waals surface area contributed by atoms with Gasteiger partial charge in [0, 0.05) is 37.9 Å². The summed E-state index contributed by atoms with van der Waals surface area (Å²) in [6.45, 7) is 3.94. The molecule has 1 aliphatic carbocycles. The van der Waals surface area contributed by atoms with Crippen molar-refractivity contribution in [2.75, 3.05) is 26.7 Å². The molecule has 0 unspecified atom stereocenters. The topological polar surface area (TPSA) is 69.7 Å². The summed E-state index contributed by atoms with van der Waals surface area (Å²) in [7, 11) is 1.78. The van der Waals surface area contributed by atoms with E-state index in [1.165, 1.54) is 12.0 Å². The zero-order chi connectivity index (χ0) is 23.4. The molecule has 4 atom stereocenters. The van der Waals surface area contributed by atoms with Crippen LogP contribution in [0.5, 0.6) is 0 Å². The lowest BCUT2D eigenvalue weighted by molar-refractivity contribution is -0.146. The van der Waals surface area contributed by atoms with Gasteiger partial charge in [-0.25, -0.2) is 0 Å². The minimum Gasteiger partial charge on any atom is -0.340 e. The average molecular weight is 454 g/mol. The van der Waals surface area contributed by atoms with Gasteiger partial charge >= 0.3 is 0 Å². The van der Waals surface area contributed by atoms with Gasteiger partial charge in [0.2, 0.25) is 11.8 Å². The fourth-order valence-corrected chi connectivity index (χ4v) is 6.06. The van der Waals surface area contributed by atoms with Gasteiger partial charge in [0.05, 0.1) is 6.04 Å². The summed E-state index contributed by atoms with van der Waals surface area (Å²) in [6, 6.07) is 9.65. The van der Waals surface area contributed by atoms with Crippen molar-refractivity contribution in [1.82, 2.24) is 15.1 Å². The smallest absolute Gasteiger partial charge is 0.245 e. The van der Waals surface area contributed by atoms with Crippen LogP contribution >= 0.6 is 0 Å². The second kappa shape index (κ2) is 10.8. The van der Waals surface area contributed by atoms with E-state index in [9.17, 15) is 14.4 Å². The van der Waals surface area contributed by atoms with Crippen molar-refractivity contribution in [2.24, 2.45) is 17.8 Å². The predicted molar refractivity (Wildman–Crippen MR) is 129 cm³/mol. The quantitative estimate of drug-likeness (QED) is 0.624. The molecule has 6 nitrogen and oxygen atoms in total. The molecular formula is C27H39N3O3. The van der Waals surface area contributed by atoms with Crippen LogP contribution in [0.3, 0.4) is 0 Å². The molecule has 180 valence electrons. The molecule has 0 radical (unpaired) electrons. The maximum atomic E-state index is 13.8. The monoisotopic (exact) mass is 453 g/mol. The molecule has 2 amide bonds. The first kappa shape index (κ1) is 23.9. The van der Waals surface area contributed by atoms with Crippen molar-refractivity contribution in [2.45, 2.75) is 70.4 Å². The maximum absolute atomic E-state index is 13.8. The third kappa shape index (κ3) is 5.32. The van der Waals surface area contributed by atoms with Crippen LogP contribution < -0.4 is 5.32 Å². The van der Waals surface area contributed by atoms with Crippen molar-refractivity contribution in [3.63, 3.8) is 0 Å². The van der Waals surface area contributed by atoms with E-state index >= 15 is 0 Å². The fraction of sp³-hybridized carbons (Fsp3) is 0.667. The Morgan fingerprint density at radius 3 is 2.52 bits per heavy atom. The molecular weight excluding hydrogens is 414 g/mol. The highest BCUT2D eigenvalue weighted by molar-refractivity contribution is 5.94. The Labute approximate surface area is 198 Å². The number of carbonyl (C=O) groups is 3. The zero-order valence-corrected chi connectivity index (χ0v) is 20.2. The molecule has 2 heterocycles. The lowest BCUT2D eigenvalue weighted by Crippen LogP contribution is -2.48. The Morgan fingerprint density at radius 1 is 1.09 bits per heavy atom. The maximum Gasteiger partial charge on any atom is 0.245 e. The lowest BCUT2D eigenvalue weighted by Gasteiger charge is -2.34. The number of likely N-dealkylation sites (N-methyl/N-ethyl adjacent to an activating group) is 1. The highest BCUT2D eigenvalue weighted by Crippen LogP contribution is 2.38. The molecule has 3 aliphatic rings. The van der Waals surface area contributed by atoms with Gasteiger partial charge in [0.1, 0.15) is 11.8 Å². The molecule has 1 saturated carbocycles. The van der Waals surface area contributed by atoms with E-state index in [-0.39, 0.29) is 53.9 Å². The molecule has 3 fully saturated rings. The van der Waals surface area contributed by atoms with Crippen LogP contribution in [-0.2, 0) is 20.8 Å². The van der Waals surface area contributed by atoms with E-state index in [0.29, 0.717) is 13.1 Å². The number of hydrogen-bond acceptors (Lipinski definition) is 4. The van der Waals surface area contributed by atoms with E-state index in [1.54, 1.807) is 7.05 Å². The zero-order valence-electron chi connectivity index (χ0n) is 20.2. The van der Waals surface area contributed by atoms with Gasteiger partial charge in [-0.2, -0.15) is 0 Å². The van der Waals surface area contributed by atoms with Gasteiger partial charge in [0.25, 0.3) is 0 Å². The van der Waals surface area contributed by atoms with Gasteiger partial charge in [-0.3, -0.25) is 14.4 Å². The summed E-state index contributed by atoms with van der Waals surface area (Å²) in [4.78, 5) is 43.8. The number of amides is 2. The normalized spacial score (nSPS) is 25.2. The van der Waals surface area contributed by atoms with E-state index in [0.717, 1.165) is 45.1 Å². The molecule has 0 bridgehead atoms. The minimum atomic E-state index is -0.337. The van der Waals surface area contributed by atoms with Crippen molar-refractivity contribution >= 4 is 17.6 Å². The van der Waals surface area contributed by atoms with Crippen molar-refractivity contribution in [3.8, 4) is 0 Å². The molecule has 33 heavy (non-hydrogen) atoms. The Balaban J connectivity index is 1.45. The van der Waals surface area contributed by atoms with Crippen molar-refractivity contribution in [1.29, 1.82) is 0 Å². The number of benzene rings is 1. The number of rotatable bonds is 9. The number of Topliss-reactive ketones (excluding diaryl/α,β-unsaturated/α-hetero) is 1. The highest BCUT2D eigenvalue weighted by atomic mass is 16.2. The van der Waals surface area contributed by atoms with E-state index < -0.39 is 0 Å². The van der Waals surface area contributed by atoms with Gasteiger partial charge < -0.3 is 15.1 Å². The summed E-state index contributed by atoms with van der Waals surface area (Å²) < 4.78 is 0. The molecule has 1 aromatic rings. The standard InChI is InChI=1S/C27H39N3O3/c1-19(28-2)24(31)17-23(21-11-7-4-8-12-21)26(32)30-16-14-22-18-29(27(33)25(22)30)15-13-20-9-5-3-6-10-20/h3,5-6,9-10,19,21-23,25,28H,4,7-8,11-18H2,1-2H3/t19-,22-,23+,25-/m0/s1. The third-order valence-corrected chi connectivity index (χ3v) is 8.21. The SMILES string of the molecule is CN[C@@H](C)C(=O)C[C@@H](C(=O)N1CC[C@H]2CN(CCc3ccccc3)C(=O)[C@H]21)C1CCCCC1. The van der Waals surface area contributed by atoms with Crippen LogP contribution in [-0.4, -0.2) is 66.2 Å². The van der Waals surface area contributed by atoms with E-state index in [4.69, 9.17) is 0 Å². The number of likely N-dealkylation sites (tertiary alicyclic amines) is 2. The van der Waals surface area contributed by atoms with Crippen LogP contribution in [0.2, 0.25) is 0 Å². The summed E-state index contributed by atoms with van der Waals surface area (Å²) in [5.74, 6) is 0.418. The second-order valence-electron chi connectivity index (χ2n) is 10.2. The molecule has 2 aliphatic heterocycles. The summed E-state index contributed by atoms with van der Waals surface area (Å²) in [5.41, 5.74) is 1.23. The number of carbonyl (C=O) groups excluding carboxylic acids is 3.